The van der Waals surface area contributed by atoms with Gasteiger partial charge in [0.15, 0.2) is 11.5 Å². The van der Waals surface area contributed by atoms with Crippen LogP contribution >= 0.6 is 15.9 Å². The van der Waals surface area contributed by atoms with Crippen molar-refractivity contribution in [3.05, 3.63) is 22.2 Å². The van der Waals surface area contributed by atoms with Crippen LogP contribution in [0, 0.1) is 0 Å². The summed E-state index contributed by atoms with van der Waals surface area (Å²) >= 11 is 3.44. The monoisotopic (exact) mass is 345 g/mol. The average molecular weight is 346 g/mol. The summed E-state index contributed by atoms with van der Waals surface area (Å²) < 4.78 is 11.6. The third kappa shape index (κ3) is 4.11. The van der Waals surface area contributed by atoms with E-state index in [4.69, 9.17) is 14.6 Å². The molecular weight excluding hydrogens is 326 g/mol. The molecule has 6 heteroatoms. The third-order valence-electron chi connectivity index (χ3n) is 3.02. The first-order valence-electron chi connectivity index (χ1n) is 6.32. The predicted molar refractivity (Wildman–Crippen MR) is 80.4 cm³/mol. The lowest BCUT2D eigenvalue weighted by Gasteiger charge is -2.22. The number of carboxylic acids is 1. The number of carboxylic acid groups (broad SMARTS) is 1. The lowest BCUT2D eigenvalue weighted by Crippen LogP contribution is -2.35. The molecule has 0 saturated carbocycles. The number of nitrogens with zero attached hydrogens (tertiary/aromatic N) is 1. The van der Waals surface area contributed by atoms with Crippen molar-refractivity contribution < 1.29 is 19.4 Å². The molecule has 1 N–H and O–H groups in total. The lowest BCUT2D eigenvalue weighted by molar-refractivity contribution is -0.142. The van der Waals surface area contributed by atoms with Crippen molar-refractivity contribution in [3.8, 4) is 11.5 Å². The zero-order valence-corrected chi connectivity index (χ0v) is 13.7. The molecule has 0 heterocycles. The Balaban J connectivity index is 2.99. The molecule has 0 aliphatic heterocycles. The van der Waals surface area contributed by atoms with E-state index in [0.717, 1.165) is 10.0 Å². The highest BCUT2D eigenvalue weighted by molar-refractivity contribution is 9.10. The number of benzene rings is 1. The van der Waals surface area contributed by atoms with E-state index in [9.17, 15) is 4.79 Å². The van der Waals surface area contributed by atoms with Gasteiger partial charge >= 0.3 is 5.97 Å². The fraction of sp³-hybridized carbons (Fsp3) is 0.500. The third-order valence-corrected chi connectivity index (χ3v) is 3.61. The number of likely N-dealkylation sites (N-methyl/N-ethyl adjacent to an activating group) is 1. The standard InChI is InChI=1S/C14H20BrNO4/c1-5-20-12-7-10(6-11(15)13(12)19-4)8-16(3)9(2)14(17)18/h6-7,9H,5,8H2,1-4H3,(H,17,18). The van der Waals surface area contributed by atoms with Gasteiger partial charge < -0.3 is 14.6 Å². The van der Waals surface area contributed by atoms with Crippen molar-refractivity contribution in [2.24, 2.45) is 0 Å². The van der Waals surface area contributed by atoms with Crippen LogP contribution in [0.2, 0.25) is 0 Å². The summed E-state index contributed by atoms with van der Waals surface area (Å²) in [5.41, 5.74) is 0.955. The predicted octanol–water partition coefficient (Wildman–Crippen LogP) is 2.76. The number of hydrogen-bond acceptors (Lipinski definition) is 4. The summed E-state index contributed by atoms with van der Waals surface area (Å²) in [6.07, 6.45) is 0. The molecular formula is C14H20BrNO4. The Kier molecular flexibility index (Phi) is 6.29. The zero-order valence-electron chi connectivity index (χ0n) is 12.1. The van der Waals surface area contributed by atoms with Crippen LogP contribution in [0.1, 0.15) is 19.4 Å². The van der Waals surface area contributed by atoms with Gasteiger partial charge in [0.1, 0.15) is 6.04 Å². The molecule has 0 bridgehead atoms. The Labute approximate surface area is 127 Å². The van der Waals surface area contributed by atoms with Gasteiger partial charge in [0, 0.05) is 6.54 Å². The first kappa shape index (κ1) is 16.8. The van der Waals surface area contributed by atoms with Gasteiger partial charge in [-0.3, -0.25) is 9.69 Å². The molecule has 5 nitrogen and oxygen atoms in total. The van der Waals surface area contributed by atoms with E-state index in [0.29, 0.717) is 24.7 Å². The summed E-state index contributed by atoms with van der Waals surface area (Å²) in [4.78, 5) is 12.7. The van der Waals surface area contributed by atoms with Crippen LogP contribution in [-0.2, 0) is 11.3 Å². The SMILES string of the molecule is CCOc1cc(CN(C)C(C)C(=O)O)cc(Br)c1OC. The summed E-state index contributed by atoms with van der Waals surface area (Å²) in [6, 6.07) is 3.23. The molecule has 20 heavy (non-hydrogen) atoms. The van der Waals surface area contributed by atoms with Crippen LogP contribution in [0.15, 0.2) is 16.6 Å². The van der Waals surface area contributed by atoms with E-state index in [2.05, 4.69) is 15.9 Å². The number of methoxy groups -OCH3 is 1. The lowest BCUT2D eigenvalue weighted by atomic mass is 10.1. The fourth-order valence-corrected chi connectivity index (χ4v) is 2.44. The second-order valence-electron chi connectivity index (χ2n) is 4.47. The minimum absolute atomic E-state index is 0.510. The van der Waals surface area contributed by atoms with Crippen molar-refractivity contribution in [2.75, 3.05) is 20.8 Å². The minimum Gasteiger partial charge on any atom is -0.492 e. The highest BCUT2D eigenvalue weighted by Crippen LogP contribution is 2.36. The van der Waals surface area contributed by atoms with E-state index in [1.165, 1.54) is 0 Å². The zero-order chi connectivity index (χ0) is 15.3. The van der Waals surface area contributed by atoms with Crippen molar-refractivity contribution >= 4 is 21.9 Å². The molecule has 0 fully saturated rings. The Morgan fingerprint density at radius 3 is 2.65 bits per heavy atom. The van der Waals surface area contributed by atoms with E-state index in [-0.39, 0.29) is 0 Å². The molecule has 0 aliphatic rings. The smallest absolute Gasteiger partial charge is 0.320 e. The topological polar surface area (TPSA) is 59.0 Å². The Morgan fingerprint density at radius 1 is 1.50 bits per heavy atom. The number of aliphatic carboxylic acids is 1. The van der Waals surface area contributed by atoms with Gasteiger partial charge in [0.2, 0.25) is 0 Å². The maximum atomic E-state index is 11.0. The minimum atomic E-state index is -0.842. The van der Waals surface area contributed by atoms with Crippen molar-refractivity contribution in [2.45, 2.75) is 26.4 Å². The number of hydrogen-bond donors (Lipinski definition) is 1. The van der Waals surface area contributed by atoms with Gasteiger partial charge in [-0.15, -0.1) is 0 Å². The van der Waals surface area contributed by atoms with Crippen molar-refractivity contribution in [3.63, 3.8) is 0 Å². The average Bonchev–Trinajstić information content (AvgIpc) is 2.37. The van der Waals surface area contributed by atoms with Crippen LogP contribution in [0.4, 0.5) is 0 Å². The van der Waals surface area contributed by atoms with Crippen LogP contribution in [0.3, 0.4) is 0 Å². The molecule has 1 aromatic carbocycles. The first-order chi connectivity index (χ1) is 9.40. The molecule has 0 spiro atoms. The number of rotatable bonds is 7. The van der Waals surface area contributed by atoms with E-state index < -0.39 is 12.0 Å². The molecule has 0 aliphatic carbocycles. The molecule has 0 radical (unpaired) electrons. The Hall–Kier alpha value is -1.27. The quantitative estimate of drug-likeness (QED) is 0.823. The molecule has 0 aromatic heterocycles. The normalized spacial score (nSPS) is 12.3. The summed E-state index contributed by atoms with van der Waals surface area (Å²) in [5.74, 6) is 0.449. The molecule has 1 aromatic rings. The number of halogens is 1. The molecule has 112 valence electrons. The van der Waals surface area contributed by atoms with Gasteiger partial charge in [-0.05, 0) is 54.5 Å². The highest BCUT2D eigenvalue weighted by Gasteiger charge is 2.18. The van der Waals surface area contributed by atoms with Crippen LogP contribution < -0.4 is 9.47 Å². The van der Waals surface area contributed by atoms with Gasteiger partial charge in [0.25, 0.3) is 0 Å². The molecule has 1 atom stereocenters. The van der Waals surface area contributed by atoms with Crippen LogP contribution in [0.5, 0.6) is 11.5 Å². The maximum Gasteiger partial charge on any atom is 0.320 e. The highest BCUT2D eigenvalue weighted by atomic mass is 79.9. The number of ether oxygens (including phenoxy) is 2. The van der Waals surface area contributed by atoms with Crippen LogP contribution in [-0.4, -0.2) is 42.8 Å². The Bertz CT molecular complexity index is 478. The van der Waals surface area contributed by atoms with Crippen LogP contribution in [0.25, 0.3) is 0 Å². The molecule has 1 rings (SSSR count). The molecule has 0 saturated heterocycles. The largest absolute Gasteiger partial charge is 0.492 e. The van der Waals surface area contributed by atoms with E-state index in [1.807, 2.05) is 19.1 Å². The van der Waals surface area contributed by atoms with Gasteiger partial charge in [0.05, 0.1) is 18.2 Å². The second-order valence-corrected chi connectivity index (χ2v) is 5.33. The summed E-state index contributed by atoms with van der Waals surface area (Å²) in [6.45, 7) is 4.60. The van der Waals surface area contributed by atoms with Gasteiger partial charge in [-0.25, -0.2) is 0 Å². The molecule has 1 unspecified atom stereocenters. The van der Waals surface area contributed by atoms with Gasteiger partial charge in [-0.1, -0.05) is 0 Å². The Morgan fingerprint density at radius 2 is 2.15 bits per heavy atom. The fourth-order valence-electron chi connectivity index (χ4n) is 1.79. The van der Waals surface area contributed by atoms with E-state index in [1.54, 1.807) is 26.0 Å². The second kappa shape index (κ2) is 7.50. The van der Waals surface area contributed by atoms with Crippen molar-refractivity contribution in [1.82, 2.24) is 4.90 Å². The summed E-state index contributed by atoms with van der Waals surface area (Å²) in [7, 11) is 3.36. The van der Waals surface area contributed by atoms with E-state index >= 15 is 0 Å². The molecule has 0 amide bonds. The number of carbonyl (C=O) groups is 1. The maximum absolute atomic E-state index is 11.0. The van der Waals surface area contributed by atoms with Crippen molar-refractivity contribution in [1.29, 1.82) is 0 Å². The van der Waals surface area contributed by atoms with Gasteiger partial charge in [-0.2, -0.15) is 0 Å². The first-order valence-corrected chi connectivity index (χ1v) is 7.12. The summed E-state index contributed by atoms with van der Waals surface area (Å²) in [5, 5.41) is 9.01.